The van der Waals surface area contributed by atoms with Gasteiger partial charge >= 0.3 is 0 Å². The van der Waals surface area contributed by atoms with Crippen LogP contribution in [0.3, 0.4) is 0 Å². The highest BCUT2D eigenvalue weighted by Gasteiger charge is 2.44. The number of fused-ring (bicyclic) bond motifs is 13. The molecule has 1 atom stereocenters. The second-order valence-electron chi connectivity index (χ2n) is 41.2. The average molecular weight is 1540 g/mol. The molecule has 0 aliphatic carbocycles. The molecule has 118 heavy (non-hydrogen) atoms. The quantitative estimate of drug-likeness (QED) is 0.151. The third-order valence-corrected chi connectivity index (χ3v) is 25.8. The monoisotopic (exact) mass is 1540 g/mol. The van der Waals surface area contributed by atoms with Gasteiger partial charge in [-0.15, -0.1) is 0 Å². The molecule has 19 rings (SSSR count). The summed E-state index contributed by atoms with van der Waals surface area (Å²) in [6.07, 6.45) is 0. The third-order valence-electron chi connectivity index (χ3n) is 25.8. The van der Waals surface area contributed by atoms with Crippen molar-refractivity contribution in [3.8, 4) is 50.4 Å². The van der Waals surface area contributed by atoms with Crippen LogP contribution in [0.5, 0.6) is 0 Å². The van der Waals surface area contributed by atoms with E-state index in [0.717, 1.165) is 67.7 Å². The molecule has 2 aliphatic rings. The summed E-state index contributed by atoms with van der Waals surface area (Å²) in [5.74, 6) is -0.225. The second kappa shape index (κ2) is 26.8. The van der Waals surface area contributed by atoms with Crippen LogP contribution in [0.25, 0.3) is 116 Å². The van der Waals surface area contributed by atoms with Gasteiger partial charge in [-0.3, -0.25) is 0 Å². The molecule has 0 amide bonds. The number of aromatic nitrogens is 3. The van der Waals surface area contributed by atoms with E-state index in [4.69, 9.17) is 0 Å². The number of nitrogens with zero attached hydrogens (tertiary/aromatic N) is 5. The molecule has 0 fully saturated rings. The predicted molar refractivity (Wildman–Crippen MR) is 507 cm³/mol. The van der Waals surface area contributed by atoms with Crippen LogP contribution in [0, 0.1) is 0 Å². The first-order valence-corrected chi connectivity index (χ1v) is 42.7. The molecular formula is C113H111N5. The fourth-order valence-corrected chi connectivity index (χ4v) is 19.0. The summed E-state index contributed by atoms with van der Waals surface area (Å²) in [6.45, 7) is 49.4. The number of para-hydroxylation sites is 3. The van der Waals surface area contributed by atoms with Gasteiger partial charge in [0.2, 0.25) is 0 Å². The van der Waals surface area contributed by atoms with Crippen molar-refractivity contribution in [1.29, 1.82) is 0 Å². The molecule has 2 aliphatic heterocycles. The summed E-state index contributed by atoms with van der Waals surface area (Å²) >= 11 is 0. The Labute approximate surface area is 698 Å². The summed E-state index contributed by atoms with van der Waals surface area (Å²) in [6, 6.07) is 112. The van der Waals surface area contributed by atoms with Crippen molar-refractivity contribution in [1.82, 2.24) is 13.7 Å². The lowest BCUT2D eigenvalue weighted by Gasteiger charge is -2.46. The van der Waals surface area contributed by atoms with E-state index in [1.807, 2.05) is 0 Å². The normalized spacial score (nSPS) is 14.2. The van der Waals surface area contributed by atoms with Crippen LogP contribution in [-0.2, 0) is 37.9 Å². The van der Waals surface area contributed by atoms with E-state index in [1.54, 1.807) is 0 Å². The van der Waals surface area contributed by atoms with Gasteiger partial charge in [-0.05, 0) is 243 Å². The van der Waals surface area contributed by atoms with Crippen molar-refractivity contribution in [3.05, 3.63) is 341 Å². The molecule has 0 N–H and O–H groups in total. The zero-order valence-electron chi connectivity index (χ0n) is 72.9. The molecule has 5 heteroatoms. The van der Waals surface area contributed by atoms with E-state index < -0.39 is 0 Å². The van der Waals surface area contributed by atoms with Crippen LogP contribution in [0.1, 0.15) is 207 Å². The van der Waals surface area contributed by atoms with Crippen LogP contribution >= 0.6 is 0 Å². The zero-order chi connectivity index (χ0) is 82.6. The third kappa shape index (κ3) is 12.6. The van der Waals surface area contributed by atoms with Gasteiger partial charge in [0.25, 0.3) is 0 Å². The molecule has 0 saturated carbocycles. The Hall–Kier alpha value is -11.9. The number of benzene rings is 14. The minimum absolute atomic E-state index is 0.0594. The highest BCUT2D eigenvalue weighted by Crippen LogP contribution is 2.64. The molecule has 0 spiro atoms. The molecule has 588 valence electrons. The van der Waals surface area contributed by atoms with Crippen LogP contribution in [-0.4, -0.2) is 13.7 Å². The van der Waals surface area contributed by atoms with Crippen LogP contribution in [0.4, 0.5) is 34.1 Å². The molecular weight excluding hydrogens is 1430 g/mol. The minimum atomic E-state index is -0.329. The van der Waals surface area contributed by atoms with Gasteiger partial charge in [-0.25, -0.2) is 0 Å². The van der Waals surface area contributed by atoms with E-state index in [2.05, 4.69) is 454 Å². The SMILES string of the molecule is CC(C)(C)c1cc(-c2ccc3c(c2)N(c2cc(-c4ccccc4)cc(-c4ccccc4)c2)c2cc(C(C)(C)C)cc4c2C3c2ccc(-n3c5ccc(C(C)(C)C)cc5c5cc(C(C)(C)C)ccc53)cc2N4c2cccc3c4cccc(-n5c6ccc(C(C)(C)C)cc6c6cc(C(C)(C)C)ccc65)c4n(-c4ccccc4)c23)cc(C(C)(C)C)c1. The highest BCUT2D eigenvalue weighted by atomic mass is 15.2. The van der Waals surface area contributed by atoms with Crippen molar-refractivity contribution >= 4 is 99.5 Å². The molecule has 1 unspecified atom stereocenters. The molecule has 14 aromatic carbocycles. The van der Waals surface area contributed by atoms with Crippen molar-refractivity contribution in [2.75, 3.05) is 9.80 Å². The van der Waals surface area contributed by atoms with Crippen molar-refractivity contribution in [2.45, 2.75) is 189 Å². The van der Waals surface area contributed by atoms with Crippen molar-refractivity contribution in [3.63, 3.8) is 0 Å². The maximum atomic E-state index is 2.73. The fourth-order valence-electron chi connectivity index (χ4n) is 19.0. The van der Waals surface area contributed by atoms with E-state index in [0.29, 0.717) is 0 Å². The summed E-state index contributed by atoms with van der Waals surface area (Å²) in [7, 11) is 0. The van der Waals surface area contributed by atoms with Gasteiger partial charge in [-0.2, -0.15) is 0 Å². The molecule has 5 heterocycles. The average Bonchev–Trinajstić information content (AvgIpc) is 0.879. The number of anilines is 6. The summed E-state index contributed by atoms with van der Waals surface area (Å²) in [5, 5.41) is 7.41. The van der Waals surface area contributed by atoms with Crippen molar-refractivity contribution in [2.24, 2.45) is 0 Å². The molecule has 3 aromatic heterocycles. The van der Waals surface area contributed by atoms with Crippen LogP contribution < -0.4 is 9.80 Å². The number of rotatable bonds is 8. The Morgan fingerprint density at radius 1 is 0.195 bits per heavy atom. The van der Waals surface area contributed by atoms with Crippen molar-refractivity contribution < 1.29 is 0 Å². The Morgan fingerprint density at radius 3 is 1.03 bits per heavy atom. The minimum Gasteiger partial charge on any atom is -0.310 e. The first-order chi connectivity index (χ1) is 55.9. The summed E-state index contributed by atoms with van der Waals surface area (Å²) < 4.78 is 7.79. The van der Waals surface area contributed by atoms with Crippen LogP contribution in [0.15, 0.2) is 285 Å². The Kier molecular flexibility index (Phi) is 17.3. The Bertz CT molecular complexity index is 6710. The van der Waals surface area contributed by atoms with Crippen LogP contribution in [0.2, 0.25) is 0 Å². The topological polar surface area (TPSA) is 21.3 Å². The molecule has 5 nitrogen and oxygen atoms in total. The first-order valence-electron chi connectivity index (χ1n) is 42.7. The van der Waals surface area contributed by atoms with Gasteiger partial charge in [0.1, 0.15) is 0 Å². The number of hydrogen-bond acceptors (Lipinski definition) is 2. The molecule has 0 bridgehead atoms. The fraction of sp³-hybridized carbons (Fsp3) is 0.257. The van der Waals surface area contributed by atoms with Gasteiger partial charge in [0.15, 0.2) is 0 Å². The lowest BCUT2D eigenvalue weighted by Crippen LogP contribution is -2.30. The lowest BCUT2D eigenvalue weighted by atomic mass is 9.73. The summed E-state index contributed by atoms with van der Waals surface area (Å²) in [4.78, 5) is 5.41. The maximum absolute atomic E-state index is 2.73. The highest BCUT2D eigenvalue weighted by molar-refractivity contribution is 6.19. The first kappa shape index (κ1) is 76.1. The largest absolute Gasteiger partial charge is 0.310 e. The van der Waals surface area contributed by atoms with Gasteiger partial charge in [0.05, 0.1) is 67.2 Å². The Balaban J connectivity index is 0.965. The molecule has 0 radical (unpaired) electrons. The van der Waals surface area contributed by atoms with E-state index in [-0.39, 0.29) is 43.8 Å². The Morgan fingerprint density at radius 2 is 0.576 bits per heavy atom. The summed E-state index contributed by atoms with van der Waals surface area (Å²) in [5.41, 5.74) is 36.4. The smallest absolute Gasteiger partial charge is 0.0783 e. The molecule has 0 saturated heterocycles. The van der Waals surface area contributed by atoms with E-state index in [9.17, 15) is 0 Å². The number of hydrogen-bond donors (Lipinski definition) is 0. The lowest BCUT2D eigenvalue weighted by molar-refractivity contribution is 0.569. The van der Waals surface area contributed by atoms with Gasteiger partial charge < -0.3 is 23.5 Å². The maximum Gasteiger partial charge on any atom is 0.0783 e. The second-order valence-corrected chi connectivity index (χ2v) is 41.2. The zero-order valence-corrected chi connectivity index (χ0v) is 72.9. The molecule has 17 aromatic rings. The predicted octanol–water partition coefficient (Wildman–Crippen LogP) is 31.8. The van der Waals surface area contributed by atoms with Gasteiger partial charge in [0, 0.05) is 60.9 Å². The van der Waals surface area contributed by atoms with E-state index in [1.165, 1.54) is 138 Å². The van der Waals surface area contributed by atoms with Gasteiger partial charge in [-0.1, -0.05) is 309 Å². The standard InChI is InChI=1S/C113H111N5/c1-107(2,3)75-44-51-93-89(62-75)90-63-76(108(4,5)6)45-52-94(90)114(93)83-48-50-88-100(68-83)118(98-42-32-40-86-85-39-31-41-97(105(85)116(106(86)98)82-37-29-24-30-38-82)117-95-53-46-77(109(7,8)9)64-91(95)92-65-78(110(10,11)12)47-54-96(92)117)102-67-81(113(19,20)21)66-101-104(102)103(88)87-49-43-71(74-56-79(111(13,14)15)61-80(57-74)112(16,17)18)60-99(87)115(101)84-58-72(69-33-25-22-26-34-69)55-73(59-84)70-35-27-23-28-36-70/h22-68,103H,1-21H3. The van der Waals surface area contributed by atoms with E-state index >= 15 is 0 Å².